The van der Waals surface area contributed by atoms with E-state index in [1.54, 1.807) is 0 Å². The van der Waals surface area contributed by atoms with E-state index in [2.05, 4.69) is 48.5 Å². The van der Waals surface area contributed by atoms with Gasteiger partial charge in [0.1, 0.15) is 0 Å². The lowest BCUT2D eigenvalue weighted by atomic mass is 10.3. The van der Waals surface area contributed by atoms with E-state index in [-0.39, 0.29) is 0 Å². The molecule has 0 bridgehead atoms. The van der Waals surface area contributed by atoms with E-state index in [9.17, 15) is 0 Å². The Hall–Kier alpha value is 0. The molecule has 0 aromatic heterocycles. The second kappa shape index (κ2) is 32.4. The van der Waals surface area contributed by atoms with Gasteiger partial charge < -0.3 is 0 Å². The summed E-state index contributed by atoms with van der Waals surface area (Å²) in [6.45, 7) is 15.0. The lowest BCUT2D eigenvalue weighted by Crippen LogP contribution is -1.66. The zero-order chi connectivity index (χ0) is 11.0. The normalized spacial score (nSPS) is 7.18. The van der Waals surface area contributed by atoms with E-state index >= 15 is 0 Å². The summed E-state index contributed by atoms with van der Waals surface area (Å²) in [7, 11) is 1.25. The van der Waals surface area contributed by atoms with Gasteiger partial charge in [0.25, 0.3) is 0 Å². The van der Waals surface area contributed by atoms with Crippen LogP contribution in [0.5, 0.6) is 0 Å². The highest BCUT2D eigenvalue weighted by molar-refractivity contribution is 4.20. The molecule has 0 rings (SSSR count). The third-order valence-electron chi connectivity index (χ3n) is 0. The molecular formula is C11H30. The molecule has 0 N–H and O–H groups in total. The minimum Gasteiger partial charge on any atom is -0.0776 e. The zero-order valence-corrected chi connectivity index (χ0v) is 9.99. The Kier molecular flexibility index (Phi) is 50.6. The van der Waals surface area contributed by atoms with Gasteiger partial charge in [-0.3, -0.25) is 0 Å². The predicted molar refractivity (Wildman–Crippen MR) is 59.2 cm³/mol. The van der Waals surface area contributed by atoms with Crippen LogP contribution in [0.2, 0.25) is 0 Å². The zero-order valence-electron chi connectivity index (χ0n) is 11.0. The van der Waals surface area contributed by atoms with Gasteiger partial charge >= 0.3 is 0 Å². The van der Waals surface area contributed by atoms with E-state index in [1.807, 2.05) is 0 Å². The second-order valence-corrected chi connectivity index (χ2v) is 3.15. The fourth-order valence-electron chi connectivity index (χ4n) is 0. The maximum Gasteiger partial charge on any atom is 0.0194 e. The SMILES string of the molecule is CC(C)C.CCC.CCC.[2H]C. The number of hydrogen-bond donors (Lipinski definition) is 0. The van der Waals surface area contributed by atoms with Crippen LogP contribution in [0.3, 0.4) is 0 Å². The largest absolute Gasteiger partial charge is 0.0776 e. The summed E-state index contributed by atoms with van der Waals surface area (Å²) in [5.41, 5.74) is 0. The molecular weight excluding hydrogens is 132 g/mol. The van der Waals surface area contributed by atoms with Gasteiger partial charge in [0.05, 0.1) is 0 Å². The van der Waals surface area contributed by atoms with Crippen LogP contribution >= 0.6 is 0 Å². The maximum atomic E-state index is 5.75. The average molecular weight is 163 g/mol. The van der Waals surface area contributed by atoms with Gasteiger partial charge in [0.15, 0.2) is 0 Å². The first-order valence-electron chi connectivity index (χ1n) is 5.56. The third-order valence-corrected chi connectivity index (χ3v) is 0. The van der Waals surface area contributed by atoms with Gasteiger partial charge in [-0.1, -0.05) is 68.7 Å². The molecule has 74 valence electrons. The van der Waals surface area contributed by atoms with Gasteiger partial charge in [0.2, 0.25) is 0 Å². The Labute approximate surface area is 76.8 Å². The van der Waals surface area contributed by atoms with E-state index < -0.39 is 0 Å². The molecule has 0 spiro atoms. The summed E-state index contributed by atoms with van der Waals surface area (Å²) in [5.74, 6) is 0.833. The highest BCUT2D eigenvalue weighted by atomic mass is 13.7. The molecule has 0 aliphatic rings. The summed E-state index contributed by atoms with van der Waals surface area (Å²) in [4.78, 5) is 0. The van der Waals surface area contributed by atoms with Crippen molar-refractivity contribution in [2.45, 2.75) is 68.7 Å². The van der Waals surface area contributed by atoms with Crippen molar-refractivity contribution in [2.75, 3.05) is 0 Å². The van der Waals surface area contributed by atoms with Gasteiger partial charge in [-0.05, 0) is 5.92 Å². The van der Waals surface area contributed by atoms with Gasteiger partial charge in [0, 0.05) is 1.37 Å². The Morgan fingerprint density at radius 2 is 0.909 bits per heavy atom. The predicted octanol–water partition coefficient (Wildman–Crippen LogP) is 5.13. The van der Waals surface area contributed by atoms with Crippen molar-refractivity contribution in [2.24, 2.45) is 5.92 Å². The van der Waals surface area contributed by atoms with Gasteiger partial charge in [-0.25, -0.2) is 0 Å². The first kappa shape index (κ1) is 17.2. The first-order chi connectivity index (χ1) is 5.56. The topological polar surface area (TPSA) is 0 Å². The molecule has 0 nitrogen and oxygen atoms in total. The molecule has 0 aromatic rings. The van der Waals surface area contributed by atoms with Crippen molar-refractivity contribution < 1.29 is 1.37 Å². The average Bonchev–Trinajstić information content (AvgIpc) is 1.92. The smallest absolute Gasteiger partial charge is 0.0194 e. The van der Waals surface area contributed by atoms with Crippen LogP contribution < -0.4 is 0 Å². The van der Waals surface area contributed by atoms with E-state index in [4.69, 9.17) is 1.37 Å². The van der Waals surface area contributed by atoms with Crippen molar-refractivity contribution in [3.05, 3.63) is 0 Å². The molecule has 0 radical (unpaired) electrons. The maximum absolute atomic E-state index is 5.75. The molecule has 0 fully saturated rings. The van der Waals surface area contributed by atoms with Crippen molar-refractivity contribution >= 4 is 0 Å². The lowest BCUT2D eigenvalue weighted by Gasteiger charge is -1.79. The summed E-state index contributed by atoms with van der Waals surface area (Å²) >= 11 is 0. The molecule has 0 aliphatic carbocycles. The standard InChI is InChI=1S/C4H10.2C3H8.CH4/c1-4(2)3;2*1-3-2;/h4H,1-3H3;2*3H2,1-2H3;1H4/i;;;1D. The minimum atomic E-state index is 0.833. The van der Waals surface area contributed by atoms with Crippen molar-refractivity contribution in [3.8, 4) is 0 Å². The fourth-order valence-corrected chi connectivity index (χ4v) is 0. The molecule has 0 saturated carbocycles. The minimum absolute atomic E-state index is 0.833. The molecule has 0 aromatic carbocycles. The molecule has 0 aliphatic heterocycles. The van der Waals surface area contributed by atoms with Crippen molar-refractivity contribution in [3.63, 3.8) is 0 Å². The molecule has 0 heteroatoms. The Bertz CT molecular complexity index is 21.4. The Balaban J connectivity index is -0.0000000368. The fraction of sp³-hybridized carbons (Fsp3) is 1.00. The quantitative estimate of drug-likeness (QED) is 0.464. The van der Waals surface area contributed by atoms with E-state index in [1.165, 1.54) is 20.2 Å². The third kappa shape index (κ3) is 0. The van der Waals surface area contributed by atoms with Crippen LogP contribution in [0.25, 0.3) is 0 Å². The number of hydrogen-bond acceptors (Lipinski definition) is 0. The summed E-state index contributed by atoms with van der Waals surface area (Å²) in [5, 5.41) is 0. The van der Waals surface area contributed by atoms with Crippen molar-refractivity contribution in [1.82, 2.24) is 0 Å². The number of rotatable bonds is 0. The molecule has 0 heterocycles. The summed E-state index contributed by atoms with van der Waals surface area (Å²) in [6, 6.07) is 0. The first-order valence-corrected chi connectivity index (χ1v) is 4.56. The van der Waals surface area contributed by atoms with Crippen LogP contribution in [0.4, 0.5) is 0 Å². The van der Waals surface area contributed by atoms with Crippen molar-refractivity contribution in [1.29, 1.82) is 0 Å². The lowest BCUT2D eigenvalue weighted by molar-refractivity contribution is 0.737. The van der Waals surface area contributed by atoms with Crippen LogP contribution in [0.15, 0.2) is 0 Å². The molecule has 0 saturated heterocycles. The second-order valence-electron chi connectivity index (χ2n) is 3.15. The summed E-state index contributed by atoms with van der Waals surface area (Å²) < 4.78 is 5.75. The Morgan fingerprint density at radius 3 is 0.909 bits per heavy atom. The van der Waals surface area contributed by atoms with E-state index in [0.717, 1.165) is 5.92 Å². The van der Waals surface area contributed by atoms with E-state index in [0.29, 0.717) is 0 Å². The van der Waals surface area contributed by atoms with Gasteiger partial charge in [-0.15, -0.1) is 0 Å². The molecule has 0 unspecified atom stereocenters. The van der Waals surface area contributed by atoms with Gasteiger partial charge in [-0.2, -0.15) is 0 Å². The highest BCUT2D eigenvalue weighted by Gasteiger charge is 1.68. The van der Waals surface area contributed by atoms with Crippen LogP contribution in [-0.2, 0) is 0 Å². The molecule has 11 heavy (non-hydrogen) atoms. The van der Waals surface area contributed by atoms with Crippen LogP contribution in [0.1, 0.15) is 70.1 Å². The van der Waals surface area contributed by atoms with Crippen LogP contribution in [0, 0.1) is 5.92 Å². The monoisotopic (exact) mass is 163 g/mol. The summed E-state index contributed by atoms with van der Waals surface area (Å²) in [6.07, 6.45) is 2.50. The molecule has 0 atom stereocenters. The Morgan fingerprint density at radius 1 is 0.909 bits per heavy atom. The van der Waals surface area contributed by atoms with Crippen LogP contribution in [-0.4, -0.2) is 0 Å². The molecule has 0 amide bonds. The highest BCUT2D eigenvalue weighted by Crippen LogP contribution is 1.81.